The molecule has 7 heteroatoms. The maximum Gasteiger partial charge on any atom is 0.337 e. The largest absolute Gasteiger partial charge is 0.465 e. The molecule has 1 amide bonds. The molecule has 3 rings (SSSR count). The van der Waals surface area contributed by atoms with Crippen LogP contribution in [0.3, 0.4) is 0 Å². The first-order valence-corrected chi connectivity index (χ1v) is 8.95. The van der Waals surface area contributed by atoms with Crippen molar-refractivity contribution in [1.29, 1.82) is 0 Å². The minimum absolute atomic E-state index is 0.328. The van der Waals surface area contributed by atoms with E-state index < -0.39 is 5.97 Å². The summed E-state index contributed by atoms with van der Waals surface area (Å²) < 4.78 is 4.70. The predicted molar refractivity (Wildman–Crippen MR) is 114 cm³/mol. The molecule has 1 heterocycles. The number of pyridine rings is 1. The molecule has 0 aliphatic rings. The number of benzene rings is 2. The minimum Gasteiger partial charge on any atom is -0.465 e. The molecule has 2 N–H and O–H groups in total. The molecule has 0 bridgehead atoms. The van der Waals surface area contributed by atoms with Gasteiger partial charge in [0.25, 0.3) is 5.91 Å². The molecule has 3 aromatic rings. The maximum absolute atomic E-state index is 12.6. The third-order valence-electron chi connectivity index (χ3n) is 4.21. The van der Waals surface area contributed by atoms with Crippen molar-refractivity contribution in [2.45, 2.75) is 0 Å². The van der Waals surface area contributed by atoms with Crippen LogP contribution in [0.1, 0.15) is 20.7 Å². The van der Waals surface area contributed by atoms with E-state index in [1.165, 1.54) is 13.3 Å². The van der Waals surface area contributed by atoms with Crippen LogP contribution in [-0.4, -0.2) is 38.1 Å². The van der Waals surface area contributed by atoms with Crippen molar-refractivity contribution in [3.8, 4) is 0 Å². The quantitative estimate of drug-likeness (QED) is 0.621. The second kappa shape index (κ2) is 8.88. The molecule has 1 aromatic heterocycles. The van der Waals surface area contributed by atoms with E-state index in [0.717, 1.165) is 11.4 Å². The molecule has 0 saturated carbocycles. The first-order valence-electron chi connectivity index (χ1n) is 8.95. The normalized spacial score (nSPS) is 10.2. The van der Waals surface area contributed by atoms with Crippen molar-refractivity contribution >= 4 is 34.6 Å². The van der Waals surface area contributed by atoms with Crippen molar-refractivity contribution in [3.63, 3.8) is 0 Å². The van der Waals surface area contributed by atoms with Crippen molar-refractivity contribution in [3.05, 3.63) is 78.1 Å². The van der Waals surface area contributed by atoms with Crippen LogP contribution in [0.5, 0.6) is 0 Å². The van der Waals surface area contributed by atoms with Crippen LogP contribution in [-0.2, 0) is 4.74 Å². The Bertz CT molecular complexity index is 1020. The third-order valence-corrected chi connectivity index (χ3v) is 4.21. The summed E-state index contributed by atoms with van der Waals surface area (Å²) in [5, 5.41) is 6.01. The number of carbonyl (C=O) groups is 2. The Morgan fingerprint density at radius 3 is 2.31 bits per heavy atom. The fourth-order valence-corrected chi connectivity index (χ4v) is 2.69. The number of nitrogens with one attached hydrogen (secondary N) is 2. The summed E-state index contributed by atoms with van der Waals surface area (Å²) in [6.07, 6.45) is 3.13. The Morgan fingerprint density at radius 1 is 0.897 bits per heavy atom. The third kappa shape index (κ3) is 5.10. The zero-order valence-electron chi connectivity index (χ0n) is 16.5. The monoisotopic (exact) mass is 390 g/mol. The number of aromatic nitrogens is 1. The molecule has 148 valence electrons. The van der Waals surface area contributed by atoms with E-state index in [2.05, 4.69) is 15.6 Å². The molecule has 0 spiro atoms. The molecule has 29 heavy (non-hydrogen) atoms. The molecule has 0 fully saturated rings. The molecule has 0 radical (unpaired) electrons. The Balaban J connectivity index is 1.72. The van der Waals surface area contributed by atoms with Crippen LogP contribution in [0.25, 0.3) is 0 Å². The molecule has 0 aliphatic carbocycles. The van der Waals surface area contributed by atoms with Gasteiger partial charge in [-0.3, -0.25) is 9.78 Å². The fourth-order valence-electron chi connectivity index (χ4n) is 2.69. The van der Waals surface area contributed by atoms with Gasteiger partial charge in [-0.15, -0.1) is 0 Å². The summed E-state index contributed by atoms with van der Waals surface area (Å²) in [5.41, 5.74) is 3.93. The first-order chi connectivity index (χ1) is 14.0. The Kier molecular flexibility index (Phi) is 6.09. The van der Waals surface area contributed by atoms with Gasteiger partial charge in [0.2, 0.25) is 0 Å². The van der Waals surface area contributed by atoms with Gasteiger partial charge < -0.3 is 20.3 Å². The molecular formula is C22H22N4O3. The lowest BCUT2D eigenvalue weighted by atomic mass is 10.2. The number of amides is 1. The Labute approximate surface area is 169 Å². The smallest absolute Gasteiger partial charge is 0.337 e. The van der Waals surface area contributed by atoms with Crippen molar-refractivity contribution in [2.75, 3.05) is 36.7 Å². The summed E-state index contributed by atoms with van der Waals surface area (Å²) in [7, 11) is 5.27. The number of ether oxygens (including phenoxy) is 1. The van der Waals surface area contributed by atoms with Gasteiger partial charge in [-0.05, 0) is 48.5 Å². The highest BCUT2D eigenvalue weighted by Crippen LogP contribution is 2.21. The lowest BCUT2D eigenvalue weighted by molar-refractivity contribution is 0.0600. The van der Waals surface area contributed by atoms with Crippen LogP contribution < -0.4 is 15.5 Å². The zero-order valence-corrected chi connectivity index (χ0v) is 16.5. The van der Waals surface area contributed by atoms with Crippen molar-refractivity contribution in [1.82, 2.24) is 4.98 Å². The van der Waals surface area contributed by atoms with E-state index in [0.29, 0.717) is 22.5 Å². The first kappa shape index (κ1) is 19.9. The zero-order chi connectivity index (χ0) is 20.8. The molecule has 2 aromatic carbocycles. The highest BCUT2D eigenvalue weighted by atomic mass is 16.5. The molecule has 0 unspecified atom stereocenters. The Hall–Kier alpha value is -3.87. The van der Waals surface area contributed by atoms with Crippen molar-refractivity contribution < 1.29 is 14.3 Å². The van der Waals surface area contributed by atoms with Crippen LogP contribution in [0.2, 0.25) is 0 Å². The van der Waals surface area contributed by atoms with E-state index >= 15 is 0 Å². The number of nitrogens with zero attached hydrogens (tertiary/aromatic N) is 2. The summed E-state index contributed by atoms with van der Waals surface area (Å²) in [5.74, 6) is -0.791. The van der Waals surface area contributed by atoms with Crippen LogP contribution in [0.4, 0.5) is 22.7 Å². The Morgan fingerprint density at radius 2 is 1.62 bits per heavy atom. The highest BCUT2D eigenvalue weighted by Gasteiger charge is 2.10. The number of methoxy groups -OCH3 is 1. The summed E-state index contributed by atoms with van der Waals surface area (Å²) >= 11 is 0. The number of carbonyl (C=O) groups excluding carboxylic acids is 2. The minimum atomic E-state index is -0.464. The SMILES string of the molecule is COC(=O)c1cccc(NC(=O)c2cncc(Nc3ccc(N(C)C)cc3)c2)c1. The van der Waals surface area contributed by atoms with E-state index in [1.54, 1.807) is 36.5 Å². The van der Waals surface area contributed by atoms with Gasteiger partial charge in [-0.25, -0.2) is 4.79 Å². The van der Waals surface area contributed by atoms with Gasteiger partial charge in [0.15, 0.2) is 0 Å². The number of hydrogen-bond acceptors (Lipinski definition) is 6. The van der Waals surface area contributed by atoms with Gasteiger partial charge in [-0.2, -0.15) is 0 Å². The van der Waals surface area contributed by atoms with Crippen LogP contribution >= 0.6 is 0 Å². The lowest BCUT2D eigenvalue weighted by Gasteiger charge is -2.13. The standard InChI is InChI=1S/C22H22N4O3/c1-26(2)20-9-7-17(8-10-20)24-19-12-16(13-23-14-19)21(27)25-18-6-4-5-15(11-18)22(28)29-3/h4-14,24H,1-3H3,(H,25,27). The second-order valence-corrected chi connectivity index (χ2v) is 6.56. The molecule has 0 saturated heterocycles. The molecule has 0 atom stereocenters. The number of hydrogen-bond donors (Lipinski definition) is 2. The van der Waals surface area contributed by atoms with Crippen LogP contribution in [0, 0.1) is 0 Å². The summed E-state index contributed by atoms with van der Waals surface area (Å²) in [6.45, 7) is 0. The summed E-state index contributed by atoms with van der Waals surface area (Å²) in [4.78, 5) is 30.4. The van der Waals surface area contributed by atoms with E-state index in [1.807, 2.05) is 43.3 Å². The van der Waals surface area contributed by atoms with Gasteiger partial charge in [-0.1, -0.05) is 6.07 Å². The number of esters is 1. The molecule has 7 nitrogen and oxygen atoms in total. The molecular weight excluding hydrogens is 368 g/mol. The summed E-state index contributed by atoms with van der Waals surface area (Å²) in [6, 6.07) is 16.2. The predicted octanol–water partition coefficient (Wildman–Crippen LogP) is 3.93. The fraction of sp³-hybridized carbons (Fsp3) is 0.136. The lowest BCUT2D eigenvalue weighted by Crippen LogP contribution is -2.13. The average molecular weight is 390 g/mol. The highest BCUT2D eigenvalue weighted by molar-refractivity contribution is 6.05. The van der Waals surface area contributed by atoms with Gasteiger partial charge in [0, 0.05) is 37.4 Å². The van der Waals surface area contributed by atoms with Gasteiger partial charge in [0.1, 0.15) is 0 Å². The van der Waals surface area contributed by atoms with E-state index in [-0.39, 0.29) is 5.91 Å². The van der Waals surface area contributed by atoms with E-state index in [4.69, 9.17) is 4.74 Å². The average Bonchev–Trinajstić information content (AvgIpc) is 2.74. The second-order valence-electron chi connectivity index (χ2n) is 6.56. The van der Waals surface area contributed by atoms with Gasteiger partial charge >= 0.3 is 5.97 Å². The molecule has 0 aliphatic heterocycles. The van der Waals surface area contributed by atoms with E-state index in [9.17, 15) is 9.59 Å². The topological polar surface area (TPSA) is 83.6 Å². The van der Waals surface area contributed by atoms with Crippen LogP contribution in [0.15, 0.2) is 67.0 Å². The van der Waals surface area contributed by atoms with Gasteiger partial charge in [0.05, 0.1) is 30.1 Å². The number of rotatable bonds is 6. The maximum atomic E-state index is 12.6. The van der Waals surface area contributed by atoms with Crippen molar-refractivity contribution in [2.24, 2.45) is 0 Å². The number of anilines is 4.